The molecule has 0 fully saturated rings. The Morgan fingerprint density at radius 3 is 2.63 bits per heavy atom. The number of aliphatic hydroxyl groups excluding tert-OH is 1. The average Bonchev–Trinajstić information content (AvgIpc) is 2.28. The van der Waals surface area contributed by atoms with Crippen LogP contribution >= 0.6 is 0 Å². The highest BCUT2D eigenvalue weighted by atomic mass is 16.6. The molecule has 0 spiro atoms. The number of amides is 1. The van der Waals surface area contributed by atoms with E-state index in [-0.39, 0.29) is 18.0 Å². The topological polar surface area (TPSA) is 105 Å². The van der Waals surface area contributed by atoms with Crippen molar-refractivity contribution >= 4 is 11.8 Å². The Morgan fingerprint density at radius 2 is 2.11 bits per heavy atom. The summed E-state index contributed by atoms with van der Waals surface area (Å²) in [6.07, 6.45) is -1.68. The van der Waals surface area contributed by atoms with Gasteiger partial charge >= 0.3 is 6.09 Å². The fourth-order valence-electron chi connectivity index (χ4n) is 1.50. The number of aromatic hydroxyl groups is 1. The summed E-state index contributed by atoms with van der Waals surface area (Å²) in [6.45, 7) is 5.17. The number of aliphatic hydroxyl groups is 1. The molecule has 1 unspecified atom stereocenters. The summed E-state index contributed by atoms with van der Waals surface area (Å²) >= 11 is 0. The third kappa shape index (κ3) is 4.42. The van der Waals surface area contributed by atoms with Crippen molar-refractivity contribution in [2.45, 2.75) is 32.5 Å². The number of anilines is 1. The SMILES string of the molecule is CC(C)(C)OC(=O)Nc1c(O)cccc1C(O)CN. The van der Waals surface area contributed by atoms with Crippen LogP contribution in [0.1, 0.15) is 32.4 Å². The predicted octanol–water partition coefficient (Wildman–Crippen LogP) is 1.73. The predicted molar refractivity (Wildman–Crippen MR) is 72.0 cm³/mol. The number of para-hydroxylation sites is 1. The molecule has 0 aliphatic rings. The Hall–Kier alpha value is -1.79. The van der Waals surface area contributed by atoms with Crippen LogP contribution in [0.25, 0.3) is 0 Å². The van der Waals surface area contributed by atoms with Crippen molar-refractivity contribution in [1.29, 1.82) is 0 Å². The minimum absolute atomic E-state index is 0.0214. The molecule has 1 aromatic rings. The number of nitrogens with one attached hydrogen (secondary N) is 1. The van der Waals surface area contributed by atoms with Crippen molar-refractivity contribution in [2.75, 3.05) is 11.9 Å². The van der Waals surface area contributed by atoms with Gasteiger partial charge in [-0.3, -0.25) is 5.32 Å². The van der Waals surface area contributed by atoms with Crippen molar-refractivity contribution in [2.24, 2.45) is 5.73 Å². The van der Waals surface area contributed by atoms with Crippen molar-refractivity contribution in [3.63, 3.8) is 0 Å². The molecule has 0 aliphatic carbocycles. The fourth-order valence-corrected chi connectivity index (χ4v) is 1.50. The Bertz CT molecular complexity index is 454. The summed E-state index contributed by atoms with van der Waals surface area (Å²) in [7, 11) is 0. The number of hydrogen-bond donors (Lipinski definition) is 4. The van der Waals surface area contributed by atoms with Gasteiger partial charge < -0.3 is 20.7 Å². The first-order valence-corrected chi connectivity index (χ1v) is 5.94. The van der Waals surface area contributed by atoms with E-state index >= 15 is 0 Å². The minimum atomic E-state index is -0.975. The van der Waals surface area contributed by atoms with Crippen molar-refractivity contribution in [1.82, 2.24) is 0 Å². The second kappa shape index (κ2) is 5.90. The molecule has 0 aliphatic heterocycles. The maximum absolute atomic E-state index is 11.7. The van der Waals surface area contributed by atoms with Crippen LogP contribution in [0.3, 0.4) is 0 Å². The summed E-state index contributed by atoms with van der Waals surface area (Å²) in [6, 6.07) is 4.53. The van der Waals surface area contributed by atoms with Crippen LogP contribution in [-0.2, 0) is 4.74 Å². The van der Waals surface area contributed by atoms with E-state index in [0.29, 0.717) is 5.56 Å². The van der Waals surface area contributed by atoms with E-state index in [1.165, 1.54) is 6.07 Å². The van der Waals surface area contributed by atoms with E-state index < -0.39 is 17.8 Å². The first kappa shape index (κ1) is 15.3. The van der Waals surface area contributed by atoms with Gasteiger partial charge in [-0.15, -0.1) is 0 Å². The maximum atomic E-state index is 11.7. The minimum Gasteiger partial charge on any atom is -0.506 e. The van der Waals surface area contributed by atoms with Crippen LogP contribution in [0.15, 0.2) is 18.2 Å². The van der Waals surface area contributed by atoms with Gasteiger partial charge in [0.25, 0.3) is 0 Å². The van der Waals surface area contributed by atoms with Gasteiger partial charge in [0.1, 0.15) is 11.4 Å². The first-order chi connectivity index (χ1) is 8.74. The number of hydrogen-bond acceptors (Lipinski definition) is 5. The van der Waals surface area contributed by atoms with Gasteiger partial charge in [0, 0.05) is 12.1 Å². The molecule has 0 radical (unpaired) electrons. The second-order valence-electron chi connectivity index (χ2n) is 5.12. The number of phenolic OH excluding ortho intramolecular Hbond substituents is 1. The largest absolute Gasteiger partial charge is 0.506 e. The van der Waals surface area contributed by atoms with E-state index in [1.54, 1.807) is 32.9 Å². The highest BCUT2D eigenvalue weighted by Crippen LogP contribution is 2.31. The third-order valence-electron chi connectivity index (χ3n) is 2.28. The molecule has 0 heterocycles. The van der Waals surface area contributed by atoms with Gasteiger partial charge in [-0.2, -0.15) is 0 Å². The molecule has 6 heteroatoms. The van der Waals surface area contributed by atoms with E-state index in [9.17, 15) is 15.0 Å². The van der Waals surface area contributed by atoms with Crippen LogP contribution in [0.4, 0.5) is 10.5 Å². The van der Waals surface area contributed by atoms with Gasteiger partial charge in [0.2, 0.25) is 0 Å². The smallest absolute Gasteiger partial charge is 0.412 e. The van der Waals surface area contributed by atoms with Gasteiger partial charge in [-0.25, -0.2) is 4.79 Å². The van der Waals surface area contributed by atoms with Crippen LogP contribution < -0.4 is 11.1 Å². The number of carbonyl (C=O) groups is 1. The Kier molecular flexibility index (Phi) is 4.74. The zero-order chi connectivity index (χ0) is 14.6. The zero-order valence-electron chi connectivity index (χ0n) is 11.3. The van der Waals surface area contributed by atoms with Crippen LogP contribution in [0.2, 0.25) is 0 Å². The summed E-state index contributed by atoms with van der Waals surface area (Å²) in [4.78, 5) is 11.7. The third-order valence-corrected chi connectivity index (χ3v) is 2.28. The lowest BCUT2D eigenvalue weighted by molar-refractivity contribution is 0.0635. The van der Waals surface area contributed by atoms with Gasteiger partial charge in [-0.05, 0) is 26.8 Å². The molecule has 1 aromatic carbocycles. The number of benzene rings is 1. The molecule has 0 saturated heterocycles. The highest BCUT2D eigenvalue weighted by molar-refractivity contribution is 5.88. The molecular weight excluding hydrogens is 248 g/mol. The summed E-state index contributed by atoms with van der Waals surface area (Å²) < 4.78 is 5.09. The number of carbonyl (C=O) groups excluding carboxylic acids is 1. The molecule has 6 nitrogen and oxygen atoms in total. The van der Waals surface area contributed by atoms with Crippen LogP contribution in [0, 0.1) is 0 Å². The van der Waals surface area contributed by atoms with Crippen molar-refractivity contribution in [3.8, 4) is 5.75 Å². The lowest BCUT2D eigenvalue weighted by atomic mass is 10.1. The number of phenols is 1. The molecular formula is C13H20N2O4. The molecule has 1 rings (SSSR count). The molecule has 0 aromatic heterocycles. The quantitative estimate of drug-likeness (QED) is 0.625. The Labute approximate surface area is 112 Å². The fraction of sp³-hybridized carbons (Fsp3) is 0.462. The average molecular weight is 268 g/mol. The molecule has 1 amide bonds. The number of rotatable bonds is 3. The van der Waals surface area contributed by atoms with Crippen molar-refractivity contribution < 1.29 is 19.7 Å². The van der Waals surface area contributed by atoms with E-state index in [1.807, 2.05) is 0 Å². The Morgan fingerprint density at radius 1 is 1.47 bits per heavy atom. The molecule has 5 N–H and O–H groups in total. The zero-order valence-corrected chi connectivity index (χ0v) is 11.3. The lowest BCUT2D eigenvalue weighted by Gasteiger charge is -2.21. The lowest BCUT2D eigenvalue weighted by Crippen LogP contribution is -2.28. The monoisotopic (exact) mass is 268 g/mol. The Balaban J connectivity index is 2.97. The molecule has 1 atom stereocenters. The normalized spacial score (nSPS) is 12.9. The van der Waals surface area contributed by atoms with E-state index in [0.717, 1.165) is 0 Å². The van der Waals surface area contributed by atoms with E-state index in [4.69, 9.17) is 10.5 Å². The van der Waals surface area contributed by atoms with Gasteiger partial charge in [0.15, 0.2) is 0 Å². The second-order valence-corrected chi connectivity index (χ2v) is 5.12. The number of nitrogens with two attached hydrogens (primary N) is 1. The molecule has 0 bridgehead atoms. The summed E-state index contributed by atoms with van der Waals surface area (Å²) in [5.74, 6) is -0.157. The number of ether oxygens (including phenoxy) is 1. The van der Waals surface area contributed by atoms with Gasteiger partial charge in [0.05, 0.1) is 11.8 Å². The standard InChI is InChI=1S/C13H20N2O4/c1-13(2,3)19-12(18)15-11-8(10(17)7-14)5-4-6-9(11)16/h4-6,10,16-17H,7,14H2,1-3H3,(H,15,18). The summed E-state index contributed by atoms with van der Waals surface area (Å²) in [5, 5.41) is 21.9. The maximum Gasteiger partial charge on any atom is 0.412 e. The van der Waals surface area contributed by atoms with E-state index in [2.05, 4.69) is 5.32 Å². The molecule has 106 valence electrons. The summed E-state index contributed by atoms with van der Waals surface area (Å²) in [5.41, 5.74) is 5.18. The van der Waals surface area contributed by atoms with Gasteiger partial charge in [-0.1, -0.05) is 12.1 Å². The van der Waals surface area contributed by atoms with Crippen LogP contribution in [-0.4, -0.2) is 28.5 Å². The highest BCUT2D eigenvalue weighted by Gasteiger charge is 2.20. The molecule has 19 heavy (non-hydrogen) atoms. The first-order valence-electron chi connectivity index (χ1n) is 5.94. The van der Waals surface area contributed by atoms with Crippen LogP contribution in [0.5, 0.6) is 5.75 Å². The molecule has 0 saturated carbocycles. The van der Waals surface area contributed by atoms with Crippen molar-refractivity contribution in [3.05, 3.63) is 23.8 Å².